The van der Waals surface area contributed by atoms with Crippen molar-refractivity contribution >= 4 is 0 Å². The quantitative estimate of drug-likeness (QED) is 0.740. The first-order valence-corrected chi connectivity index (χ1v) is 4.61. The van der Waals surface area contributed by atoms with E-state index >= 15 is 0 Å². The van der Waals surface area contributed by atoms with Crippen molar-refractivity contribution in [3.05, 3.63) is 23.8 Å². The topological polar surface area (TPSA) is 18.5 Å². The van der Waals surface area contributed by atoms with E-state index in [1.807, 2.05) is 0 Å². The standard InChI is InChI=1S/C11H13FO2/c1-13-8-3-4-9(10(7-8)14-2)11(12)5-6-11/h3-4,7H,5-6H2,1-2H3. The molecule has 0 radical (unpaired) electrons. The van der Waals surface area contributed by atoms with E-state index in [1.54, 1.807) is 32.4 Å². The first kappa shape index (κ1) is 9.31. The molecule has 0 spiro atoms. The lowest BCUT2D eigenvalue weighted by atomic mass is 10.1. The molecule has 0 heterocycles. The number of methoxy groups -OCH3 is 2. The third kappa shape index (κ3) is 1.43. The molecule has 1 fully saturated rings. The van der Waals surface area contributed by atoms with Gasteiger partial charge in [0.25, 0.3) is 0 Å². The Balaban J connectivity index is 2.40. The number of rotatable bonds is 3. The van der Waals surface area contributed by atoms with E-state index in [4.69, 9.17) is 9.47 Å². The first-order valence-electron chi connectivity index (χ1n) is 4.61. The van der Waals surface area contributed by atoms with Crippen LogP contribution in [0.25, 0.3) is 0 Å². The Kier molecular flexibility index (Phi) is 2.10. The van der Waals surface area contributed by atoms with Crippen LogP contribution in [0.15, 0.2) is 18.2 Å². The van der Waals surface area contributed by atoms with Crippen molar-refractivity contribution in [3.8, 4) is 11.5 Å². The normalized spacial score (nSPS) is 17.6. The fourth-order valence-electron chi connectivity index (χ4n) is 1.55. The summed E-state index contributed by atoms with van der Waals surface area (Å²) in [7, 11) is 3.13. The van der Waals surface area contributed by atoms with Crippen molar-refractivity contribution in [2.24, 2.45) is 0 Å². The van der Waals surface area contributed by atoms with Gasteiger partial charge in [-0.25, -0.2) is 4.39 Å². The molecule has 0 aromatic heterocycles. The Hall–Kier alpha value is -1.25. The van der Waals surface area contributed by atoms with E-state index in [0.29, 0.717) is 29.9 Å². The number of hydrogen-bond donors (Lipinski definition) is 0. The smallest absolute Gasteiger partial charge is 0.139 e. The average molecular weight is 196 g/mol. The predicted molar refractivity (Wildman–Crippen MR) is 51.6 cm³/mol. The second-order valence-corrected chi connectivity index (χ2v) is 3.53. The highest BCUT2D eigenvalue weighted by molar-refractivity contribution is 5.45. The Morgan fingerprint density at radius 1 is 1.21 bits per heavy atom. The van der Waals surface area contributed by atoms with E-state index in [-0.39, 0.29) is 0 Å². The fraction of sp³-hybridized carbons (Fsp3) is 0.455. The lowest BCUT2D eigenvalue weighted by Gasteiger charge is -2.12. The van der Waals surface area contributed by atoms with Gasteiger partial charge in [-0.15, -0.1) is 0 Å². The number of hydrogen-bond acceptors (Lipinski definition) is 2. The summed E-state index contributed by atoms with van der Waals surface area (Å²) in [6.45, 7) is 0. The predicted octanol–water partition coefficient (Wildman–Crippen LogP) is 2.66. The molecule has 0 unspecified atom stereocenters. The Labute approximate surface area is 82.6 Å². The summed E-state index contributed by atoms with van der Waals surface area (Å²) < 4.78 is 24.0. The summed E-state index contributed by atoms with van der Waals surface area (Å²) in [5.74, 6) is 1.26. The van der Waals surface area contributed by atoms with Crippen LogP contribution in [0.4, 0.5) is 4.39 Å². The minimum Gasteiger partial charge on any atom is -0.497 e. The van der Waals surface area contributed by atoms with E-state index in [2.05, 4.69) is 0 Å². The summed E-state index contributed by atoms with van der Waals surface area (Å²) in [5.41, 5.74) is -0.516. The minimum absolute atomic E-state index is 0.573. The van der Waals surface area contributed by atoms with Crippen LogP contribution >= 0.6 is 0 Å². The molecular weight excluding hydrogens is 183 g/mol. The molecule has 0 saturated heterocycles. The van der Waals surface area contributed by atoms with Gasteiger partial charge < -0.3 is 9.47 Å². The molecule has 2 rings (SSSR count). The zero-order valence-electron chi connectivity index (χ0n) is 8.34. The molecule has 1 aromatic carbocycles. The molecule has 0 N–H and O–H groups in total. The zero-order valence-corrected chi connectivity index (χ0v) is 8.34. The fourth-order valence-corrected chi connectivity index (χ4v) is 1.55. The van der Waals surface area contributed by atoms with Crippen molar-refractivity contribution in [3.63, 3.8) is 0 Å². The molecule has 0 bridgehead atoms. The Morgan fingerprint density at radius 3 is 2.43 bits per heavy atom. The molecule has 3 heteroatoms. The lowest BCUT2D eigenvalue weighted by molar-refractivity contribution is 0.300. The van der Waals surface area contributed by atoms with Gasteiger partial charge in [-0.1, -0.05) is 0 Å². The molecule has 76 valence electrons. The van der Waals surface area contributed by atoms with Crippen LogP contribution in [0.3, 0.4) is 0 Å². The van der Waals surface area contributed by atoms with E-state index < -0.39 is 5.67 Å². The number of ether oxygens (including phenoxy) is 2. The molecule has 0 atom stereocenters. The lowest BCUT2D eigenvalue weighted by Crippen LogP contribution is -2.01. The molecule has 2 nitrogen and oxygen atoms in total. The van der Waals surface area contributed by atoms with Gasteiger partial charge in [0.15, 0.2) is 0 Å². The maximum atomic E-state index is 13.8. The first-order chi connectivity index (χ1) is 6.69. The summed E-state index contributed by atoms with van der Waals surface area (Å²) in [4.78, 5) is 0. The van der Waals surface area contributed by atoms with Gasteiger partial charge in [0.05, 0.1) is 14.2 Å². The molecule has 0 aliphatic heterocycles. The maximum absolute atomic E-state index is 13.8. The molecule has 1 aliphatic carbocycles. The molecule has 1 aliphatic rings. The van der Waals surface area contributed by atoms with Gasteiger partial charge in [0, 0.05) is 11.6 Å². The maximum Gasteiger partial charge on any atom is 0.139 e. The van der Waals surface area contributed by atoms with Gasteiger partial charge >= 0.3 is 0 Å². The van der Waals surface area contributed by atoms with Crippen LogP contribution in [0, 0.1) is 0 Å². The molecule has 1 aromatic rings. The van der Waals surface area contributed by atoms with E-state index in [9.17, 15) is 4.39 Å². The summed E-state index contributed by atoms with van der Waals surface area (Å²) in [5, 5.41) is 0. The highest BCUT2D eigenvalue weighted by atomic mass is 19.1. The van der Waals surface area contributed by atoms with Crippen molar-refractivity contribution < 1.29 is 13.9 Å². The summed E-state index contributed by atoms with van der Waals surface area (Å²) in [6.07, 6.45) is 1.19. The summed E-state index contributed by atoms with van der Waals surface area (Å²) >= 11 is 0. The van der Waals surface area contributed by atoms with Gasteiger partial charge in [-0.2, -0.15) is 0 Å². The van der Waals surface area contributed by atoms with Crippen molar-refractivity contribution in [2.45, 2.75) is 18.5 Å². The summed E-state index contributed by atoms with van der Waals surface area (Å²) in [6, 6.07) is 5.22. The monoisotopic (exact) mass is 196 g/mol. The van der Waals surface area contributed by atoms with Crippen LogP contribution in [0.2, 0.25) is 0 Å². The van der Waals surface area contributed by atoms with Gasteiger partial charge in [-0.3, -0.25) is 0 Å². The molecule has 14 heavy (non-hydrogen) atoms. The van der Waals surface area contributed by atoms with Crippen molar-refractivity contribution in [1.29, 1.82) is 0 Å². The Morgan fingerprint density at radius 2 is 1.93 bits per heavy atom. The molecule has 1 saturated carbocycles. The molecule has 0 amide bonds. The van der Waals surface area contributed by atoms with Crippen molar-refractivity contribution in [2.75, 3.05) is 14.2 Å². The third-order valence-corrected chi connectivity index (χ3v) is 2.58. The van der Waals surface area contributed by atoms with E-state index in [1.165, 1.54) is 0 Å². The van der Waals surface area contributed by atoms with E-state index in [0.717, 1.165) is 0 Å². The van der Waals surface area contributed by atoms with Crippen molar-refractivity contribution in [1.82, 2.24) is 0 Å². The van der Waals surface area contributed by atoms with Gasteiger partial charge in [0.2, 0.25) is 0 Å². The molecular formula is C11H13FO2. The second-order valence-electron chi connectivity index (χ2n) is 3.53. The second kappa shape index (κ2) is 3.15. The Bertz CT molecular complexity index is 345. The van der Waals surface area contributed by atoms with Crippen LogP contribution < -0.4 is 9.47 Å². The van der Waals surface area contributed by atoms with Crippen LogP contribution in [-0.2, 0) is 5.67 Å². The largest absolute Gasteiger partial charge is 0.497 e. The minimum atomic E-state index is -1.16. The number of benzene rings is 1. The average Bonchev–Trinajstić information content (AvgIpc) is 2.96. The highest BCUT2D eigenvalue weighted by Crippen LogP contribution is 2.52. The SMILES string of the molecule is COc1ccc(C2(F)CC2)c(OC)c1. The van der Waals surface area contributed by atoms with Crippen LogP contribution in [-0.4, -0.2) is 14.2 Å². The zero-order chi connectivity index (χ0) is 10.2. The van der Waals surface area contributed by atoms with Crippen LogP contribution in [0.1, 0.15) is 18.4 Å². The number of halogens is 1. The highest BCUT2D eigenvalue weighted by Gasteiger charge is 2.46. The third-order valence-electron chi connectivity index (χ3n) is 2.58. The van der Waals surface area contributed by atoms with Gasteiger partial charge in [0.1, 0.15) is 17.2 Å². The van der Waals surface area contributed by atoms with Crippen LogP contribution in [0.5, 0.6) is 11.5 Å². The van der Waals surface area contributed by atoms with Gasteiger partial charge in [-0.05, 0) is 25.0 Å². The number of alkyl halides is 1.